The lowest BCUT2D eigenvalue weighted by Crippen LogP contribution is -2.56. The Bertz CT molecular complexity index is 2140. The van der Waals surface area contributed by atoms with Gasteiger partial charge in [0.1, 0.15) is 18.3 Å². The highest BCUT2D eigenvalue weighted by Gasteiger charge is 2.55. The van der Waals surface area contributed by atoms with E-state index in [1.807, 2.05) is 5.32 Å². The maximum atomic E-state index is 14.1. The van der Waals surface area contributed by atoms with Crippen LogP contribution in [0.15, 0.2) is 17.0 Å². The monoisotopic (exact) mass is 918 g/mol. The Morgan fingerprint density at radius 2 is 1.61 bits per heavy atom. The van der Waals surface area contributed by atoms with Gasteiger partial charge in [-0.2, -0.15) is 39.9 Å². The Morgan fingerprint density at radius 1 is 0.984 bits per heavy atom. The molecule has 3 aromatic heterocycles. The summed E-state index contributed by atoms with van der Waals surface area (Å²) in [5, 5.41) is 16.3. The highest BCUT2D eigenvalue weighted by atomic mass is 32.2. The first kappa shape index (κ1) is 47.5. The van der Waals surface area contributed by atoms with Gasteiger partial charge in [0.2, 0.25) is 5.92 Å². The van der Waals surface area contributed by atoms with Crippen LogP contribution in [0.3, 0.4) is 0 Å². The zero-order valence-electron chi connectivity index (χ0n) is 32.1. The number of urea groups is 1. The topological polar surface area (TPSA) is 190 Å². The van der Waals surface area contributed by atoms with Gasteiger partial charge < -0.3 is 15.5 Å². The number of rotatable bonds is 11. The molecule has 3 fully saturated rings. The van der Waals surface area contributed by atoms with Crippen LogP contribution in [0.4, 0.5) is 57.5 Å². The average molecular weight is 919 g/mol. The van der Waals surface area contributed by atoms with Crippen LogP contribution in [-0.4, -0.2) is 128 Å². The zero-order valence-corrected chi connectivity index (χ0v) is 33.0. The first-order valence-corrected chi connectivity index (χ1v) is 19.6. The number of imidazole rings is 1. The van der Waals surface area contributed by atoms with Crippen LogP contribution < -0.4 is 10.6 Å². The van der Waals surface area contributed by atoms with E-state index in [-0.39, 0.29) is 74.2 Å². The number of amides is 3. The number of nitrogens with zero attached hydrogens (tertiary/aromatic N) is 8. The van der Waals surface area contributed by atoms with E-state index in [0.717, 1.165) is 11.8 Å². The van der Waals surface area contributed by atoms with E-state index in [0.29, 0.717) is 0 Å². The van der Waals surface area contributed by atoms with E-state index in [9.17, 15) is 70.7 Å². The fourth-order valence-corrected chi connectivity index (χ4v) is 7.62. The summed E-state index contributed by atoms with van der Waals surface area (Å²) < 4.78 is 184. The number of piperidine rings is 1. The fourth-order valence-electron chi connectivity index (χ4n) is 7.12. The lowest BCUT2D eigenvalue weighted by Gasteiger charge is -2.46. The molecule has 3 aromatic rings. The second-order valence-electron chi connectivity index (χ2n) is 15.2. The summed E-state index contributed by atoms with van der Waals surface area (Å²) in [6, 6.07) is -4.02. The number of alkyl halides is 12. The number of aromatic nitrogens is 6. The molecule has 1 saturated carbocycles. The number of fused-ring (bicyclic) bond motifs is 1. The van der Waals surface area contributed by atoms with E-state index in [1.165, 1.54) is 28.7 Å². The van der Waals surface area contributed by atoms with E-state index in [1.54, 1.807) is 0 Å². The zero-order chi connectivity index (χ0) is 45.6. The van der Waals surface area contributed by atoms with Gasteiger partial charge in [0.25, 0.3) is 23.5 Å². The van der Waals surface area contributed by atoms with E-state index in [2.05, 4.69) is 39.5 Å². The van der Waals surface area contributed by atoms with Crippen LogP contribution in [0.1, 0.15) is 86.0 Å². The third kappa shape index (κ3) is 11.5. The Kier molecular flexibility index (Phi) is 13.2. The Hall–Kier alpha value is -4.54. The number of halogens is 12. The SMILES string of the molecule is CC(F)(F)COS(=O)(=O)C(F)(F)F.Cc1nonc1C(=O)N[C@H](c1cn2ncc(C3(N4C[C@H](C(F)(F)F)NC4=O)CCN(CC(C)(F)F)CC3)nc2n1)C1CCC(F)(F)CC1. The first-order chi connectivity index (χ1) is 27.9. The molecule has 0 spiro atoms. The minimum atomic E-state index is -5.91. The van der Waals surface area contributed by atoms with Crippen molar-refractivity contribution < 1.29 is 79.5 Å². The van der Waals surface area contributed by atoms with Gasteiger partial charge in [-0.15, -0.1) is 0 Å². The molecule has 2 saturated heterocycles. The number of likely N-dealkylation sites (tertiary alicyclic amines) is 1. The summed E-state index contributed by atoms with van der Waals surface area (Å²) in [4.78, 5) is 37.8. The maximum absolute atomic E-state index is 14.1. The van der Waals surface area contributed by atoms with Gasteiger partial charge in [0.15, 0.2) is 5.69 Å². The molecule has 2 aliphatic heterocycles. The highest BCUT2D eigenvalue weighted by molar-refractivity contribution is 7.87. The largest absolute Gasteiger partial charge is 0.523 e. The molecular formula is C32H38F12N10O6S. The van der Waals surface area contributed by atoms with Crippen molar-refractivity contribution in [3.05, 3.63) is 35.2 Å². The number of aryl methyl sites for hydroxylation is 1. The third-order valence-electron chi connectivity index (χ3n) is 10.2. The predicted octanol–water partition coefficient (Wildman–Crippen LogP) is 5.52. The maximum Gasteiger partial charge on any atom is 0.523 e. The first-order valence-electron chi connectivity index (χ1n) is 18.2. The second kappa shape index (κ2) is 17.0. The van der Waals surface area contributed by atoms with Gasteiger partial charge in [-0.05, 0) is 43.7 Å². The van der Waals surface area contributed by atoms with Crippen molar-refractivity contribution >= 4 is 27.8 Å². The molecule has 3 amide bonds. The molecule has 3 aliphatic rings. The quantitative estimate of drug-likeness (QED) is 0.139. The number of carbonyl (C=O) groups is 2. The Labute approximate surface area is 337 Å². The van der Waals surface area contributed by atoms with Crippen LogP contribution >= 0.6 is 0 Å². The van der Waals surface area contributed by atoms with Crippen LogP contribution in [0.5, 0.6) is 0 Å². The lowest BCUT2D eigenvalue weighted by molar-refractivity contribution is -0.151. The Balaban J connectivity index is 0.000000469. The van der Waals surface area contributed by atoms with Crippen molar-refractivity contribution in [3.63, 3.8) is 0 Å². The molecule has 16 nitrogen and oxygen atoms in total. The molecule has 342 valence electrons. The average Bonchev–Trinajstić information content (AvgIpc) is 3.87. The number of hydrogen-bond donors (Lipinski definition) is 2. The predicted molar refractivity (Wildman–Crippen MR) is 182 cm³/mol. The summed E-state index contributed by atoms with van der Waals surface area (Å²) in [7, 11) is -5.91. The fraction of sp³-hybridized carbons (Fsp3) is 0.719. The number of hydrogen-bond acceptors (Lipinski definition) is 12. The van der Waals surface area contributed by atoms with Gasteiger partial charge in [0.05, 0.1) is 48.5 Å². The summed E-state index contributed by atoms with van der Waals surface area (Å²) in [5.41, 5.74) is -6.66. The molecule has 0 aromatic carbocycles. The number of nitrogens with one attached hydrogen (secondary N) is 2. The van der Waals surface area contributed by atoms with Crippen molar-refractivity contribution in [2.45, 2.75) is 106 Å². The van der Waals surface area contributed by atoms with Crippen LogP contribution in [0, 0.1) is 12.8 Å². The second-order valence-corrected chi connectivity index (χ2v) is 16.8. The van der Waals surface area contributed by atoms with Crippen molar-refractivity contribution in [2.75, 3.05) is 32.8 Å². The molecule has 2 N–H and O–H groups in total. The third-order valence-corrected chi connectivity index (χ3v) is 11.1. The van der Waals surface area contributed by atoms with Gasteiger partial charge >= 0.3 is 27.8 Å². The van der Waals surface area contributed by atoms with Crippen LogP contribution in [0.25, 0.3) is 5.78 Å². The molecule has 1 aliphatic carbocycles. The number of carbonyl (C=O) groups excluding carboxylic acids is 2. The Morgan fingerprint density at radius 3 is 2.11 bits per heavy atom. The summed E-state index contributed by atoms with van der Waals surface area (Å²) in [6.45, 7) is -0.541. The van der Waals surface area contributed by atoms with E-state index < -0.39 is 108 Å². The van der Waals surface area contributed by atoms with Crippen molar-refractivity contribution in [1.29, 1.82) is 0 Å². The standard InChI is InChI=1S/C28H33F7N10O3.C4H5F5O3S/c1-15-20(42-48-41-15)22(46)40-21(16-3-5-27(31,32)6-4-16)17-12-45-23(37-17)38-18(11-36-45)26(7-9-43(10-8-26)14-25(2,29)30)44-13-19(28(33,34)35)39-24(44)47;1-3(5,6)2-12-13(10,11)4(7,8)9/h11-12,16,19,21H,3-10,13-14H2,1-2H3,(H,39,47)(H,40,46);2H2,1H3/t19-,21+;/m1./s1. The molecule has 2 atom stereocenters. The van der Waals surface area contributed by atoms with Gasteiger partial charge in [-0.1, -0.05) is 5.16 Å². The van der Waals surface area contributed by atoms with Gasteiger partial charge in [0, 0.05) is 39.8 Å². The lowest BCUT2D eigenvalue weighted by atomic mass is 9.81. The minimum Gasteiger partial charge on any atom is -0.342 e. The molecule has 29 heteroatoms. The molecular weight excluding hydrogens is 880 g/mol. The summed E-state index contributed by atoms with van der Waals surface area (Å²) in [5.74, 6) is -10.6. The summed E-state index contributed by atoms with van der Waals surface area (Å²) in [6.07, 6.45) is -2.68. The molecule has 0 unspecified atom stereocenters. The van der Waals surface area contributed by atoms with Crippen molar-refractivity contribution in [2.24, 2.45) is 5.92 Å². The minimum absolute atomic E-state index is 0.0143. The molecule has 6 rings (SSSR count). The van der Waals surface area contributed by atoms with Crippen molar-refractivity contribution in [1.82, 2.24) is 50.3 Å². The summed E-state index contributed by atoms with van der Waals surface area (Å²) >= 11 is 0. The normalized spacial score (nSPS) is 21.2. The van der Waals surface area contributed by atoms with Crippen LogP contribution in [-0.2, 0) is 19.8 Å². The van der Waals surface area contributed by atoms with Gasteiger partial charge in [-0.3, -0.25) is 13.9 Å². The van der Waals surface area contributed by atoms with E-state index in [4.69, 9.17) is 0 Å². The highest BCUT2D eigenvalue weighted by Crippen LogP contribution is 2.43. The molecule has 0 bridgehead atoms. The van der Waals surface area contributed by atoms with Crippen molar-refractivity contribution in [3.8, 4) is 0 Å². The van der Waals surface area contributed by atoms with Crippen LogP contribution in [0.2, 0.25) is 0 Å². The van der Waals surface area contributed by atoms with Gasteiger partial charge in [-0.25, -0.2) is 50.2 Å². The molecule has 0 radical (unpaired) electrons. The molecule has 61 heavy (non-hydrogen) atoms. The molecule has 5 heterocycles. The van der Waals surface area contributed by atoms with E-state index >= 15 is 0 Å². The smallest absolute Gasteiger partial charge is 0.342 e.